The van der Waals surface area contributed by atoms with Crippen molar-refractivity contribution in [3.05, 3.63) is 19.2 Å². The van der Waals surface area contributed by atoms with E-state index in [0.29, 0.717) is 0 Å². The van der Waals surface area contributed by atoms with Gasteiger partial charge in [-0.1, -0.05) is 12.2 Å². The van der Waals surface area contributed by atoms with Crippen LogP contribution in [0.3, 0.4) is 0 Å². The molecule has 0 N–H and O–H groups in total. The van der Waals surface area contributed by atoms with Crippen molar-refractivity contribution in [2.75, 3.05) is 13.1 Å². The Kier molecular flexibility index (Phi) is 1.34. The van der Waals surface area contributed by atoms with Crippen LogP contribution in [-0.4, -0.2) is 18.0 Å². The van der Waals surface area contributed by atoms with Gasteiger partial charge in [-0.15, -0.1) is 0 Å². The summed E-state index contributed by atoms with van der Waals surface area (Å²) in [5.41, 5.74) is 1.50. The lowest BCUT2D eigenvalue weighted by Crippen LogP contribution is -2.32. The lowest BCUT2D eigenvalue weighted by Gasteiger charge is -2.36. The van der Waals surface area contributed by atoms with Crippen LogP contribution in [0.1, 0.15) is 12.8 Å². The Morgan fingerprint density at radius 2 is 1.80 bits per heavy atom. The molecule has 2 atom stereocenters. The first-order chi connectivity index (χ1) is 4.77. The van der Waals surface area contributed by atoms with E-state index in [1.165, 1.54) is 18.4 Å². The quantitative estimate of drug-likeness (QED) is 0.362. The van der Waals surface area contributed by atoms with Crippen LogP contribution < -0.4 is 0 Å². The maximum atomic E-state index is 4.12. The van der Waals surface area contributed by atoms with Gasteiger partial charge in [0.15, 0.2) is 0 Å². The molecule has 2 rings (SSSR count). The summed E-state index contributed by atoms with van der Waals surface area (Å²) >= 11 is 0. The molecule has 10 heavy (non-hydrogen) atoms. The topological polar surface area (TPSA) is 3.24 Å². The largest absolute Gasteiger partial charge is 0.458 e. The van der Waals surface area contributed by atoms with Crippen molar-refractivity contribution >= 4 is 0 Å². The van der Waals surface area contributed by atoms with E-state index >= 15 is 0 Å². The summed E-state index contributed by atoms with van der Waals surface area (Å²) in [7, 11) is 3.96. The summed E-state index contributed by atoms with van der Waals surface area (Å²) in [6, 6.07) is 0. The highest BCUT2D eigenvalue weighted by atomic mass is 15.1. The Morgan fingerprint density at radius 3 is 2.30 bits per heavy atom. The minimum absolute atomic E-state index is 0.774. The number of hydrogen-bond acceptors (Lipinski definition) is 1. The predicted octanol–water partition coefficient (Wildman–Crippen LogP) is 1.68. The molecular formula is C9H14N-. The van der Waals surface area contributed by atoms with Gasteiger partial charge < -0.3 is 4.90 Å². The maximum Gasteiger partial charge on any atom is -0.00987 e. The minimum atomic E-state index is 0.774. The van der Waals surface area contributed by atoms with E-state index < -0.39 is 0 Å². The normalized spacial score (nSPS) is 40.7. The third-order valence-electron chi connectivity index (χ3n) is 2.87. The average molecular weight is 136 g/mol. The second kappa shape index (κ2) is 2.09. The monoisotopic (exact) mass is 136 g/mol. The molecule has 2 aliphatic rings. The molecule has 1 saturated carbocycles. The van der Waals surface area contributed by atoms with Crippen molar-refractivity contribution in [3.8, 4) is 0 Å². The average Bonchev–Trinajstić information content (AvgIpc) is 2.20. The first-order valence-electron chi connectivity index (χ1n) is 4.01. The molecule has 2 unspecified atom stereocenters. The van der Waals surface area contributed by atoms with Gasteiger partial charge in [-0.25, -0.2) is 0 Å². The van der Waals surface area contributed by atoms with E-state index in [4.69, 9.17) is 0 Å². The van der Waals surface area contributed by atoms with Gasteiger partial charge in [0, 0.05) is 0 Å². The van der Waals surface area contributed by atoms with Crippen LogP contribution in [0.15, 0.2) is 12.2 Å². The van der Waals surface area contributed by atoms with Gasteiger partial charge in [0.05, 0.1) is 0 Å². The van der Waals surface area contributed by atoms with Crippen molar-refractivity contribution in [3.63, 3.8) is 0 Å². The molecule has 1 aliphatic carbocycles. The Bertz CT molecular complexity index is 146. The first kappa shape index (κ1) is 6.41. The molecule has 0 amide bonds. The van der Waals surface area contributed by atoms with Crippen molar-refractivity contribution in [2.45, 2.75) is 12.8 Å². The van der Waals surface area contributed by atoms with Gasteiger partial charge in [0.1, 0.15) is 0 Å². The van der Waals surface area contributed by atoms with Crippen LogP contribution >= 0.6 is 0 Å². The molecule has 2 bridgehead atoms. The Morgan fingerprint density at radius 1 is 1.30 bits per heavy atom. The molecule has 1 nitrogen and oxygen atoms in total. The molecule has 0 aromatic rings. The van der Waals surface area contributed by atoms with E-state index in [1.54, 1.807) is 0 Å². The molecule has 56 valence electrons. The molecule has 2 fully saturated rings. The maximum absolute atomic E-state index is 4.12. The Hall–Kier alpha value is -0.300. The van der Waals surface area contributed by atoms with Crippen LogP contribution in [0, 0.1) is 18.9 Å². The van der Waals surface area contributed by atoms with Crippen LogP contribution in [0.25, 0.3) is 0 Å². The van der Waals surface area contributed by atoms with Gasteiger partial charge >= 0.3 is 0 Å². The van der Waals surface area contributed by atoms with Gasteiger partial charge in [-0.3, -0.25) is 7.05 Å². The van der Waals surface area contributed by atoms with Crippen molar-refractivity contribution in [1.82, 2.24) is 4.90 Å². The van der Waals surface area contributed by atoms with E-state index in [2.05, 4.69) is 18.5 Å². The summed E-state index contributed by atoms with van der Waals surface area (Å²) < 4.78 is 0. The van der Waals surface area contributed by atoms with Crippen molar-refractivity contribution in [2.24, 2.45) is 11.8 Å². The SMILES string of the molecule is C=C1C2CCC1CN([CH2-])C2. The highest BCUT2D eigenvalue weighted by molar-refractivity contribution is 5.15. The Balaban J connectivity index is 2.16. The Labute approximate surface area is 62.7 Å². The smallest absolute Gasteiger partial charge is 0.00987 e. The van der Waals surface area contributed by atoms with E-state index in [0.717, 1.165) is 24.9 Å². The molecule has 0 aromatic heterocycles. The molecule has 0 radical (unpaired) electrons. The summed E-state index contributed by atoms with van der Waals surface area (Å²) in [6.07, 6.45) is 2.71. The lowest BCUT2D eigenvalue weighted by molar-refractivity contribution is 0.280. The minimum Gasteiger partial charge on any atom is -0.458 e. The number of rotatable bonds is 0. The third-order valence-corrected chi connectivity index (χ3v) is 2.87. The van der Waals surface area contributed by atoms with Gasteiger partial charge in [0.25, 0.3) is 0 Å². The molecule has 1 aliphatic heterocycles. The third kappa shape index (κ3) is 0.807. The molecule has 1 saturated heterocycles. The second-order valence-electron chi connectivity index (χ2n) is 3.58. The zero-order chi connectivity index (χ0) is 7.14. The summed E-state index contributed by atoms with van der Waals surface area (Å²) in [5, 5.41) is 0. The van der Waals surface area contributed by atoms with Crippen LogP contribution in [0.4, 0.5) is 0 Å². The molecule has 0 aromatic carbocycles. The lowest BCUT2D eigenvalue weighted by atomic mass is 9.94. The van der Waals surface area contributed by atoms with Crippen LogP contribution in [0.5, 0.6) is 0 Å². The zero-order valence-corrected chi connectivity index (χ0v) is 6.34. The summed E-state index contributed by atoms with van der Waals surface area (Å²) in [4.78, 5) is 2.19. The molecule has 1 heteroatoms. The van der Waals surface area contributed by atoms with Gasteiger partial charge in [0.2, 0.25) is 0 Å². The summed E-state index contributed by atoms with van der Waals surface area (Å²) in [6.45, 7) is 6.41. The summed E-state index contributed by atoms with van der Waals surface area (Å²) in [5.74, 6) is 1.55. The molecular weight excluding hydrogens is 122 g/mol. The standard InChI is InChI=1S/C9H14N/c1-7-8-3-4-9(7)6-10(2)5-8/h8-9H,1-6H2/q-1. The number of nitrogens with zero attached hydrogens (tertiary/aromatic N) is 1. The van der Waals surface area contributed by atoms with E-state index in [-0.39, 0.29) is 0 Å². The van der Waals surface area contributed by atoms with Gasteiger partial charge in [-0.2, -0.15) is 0 Å². The zero-order valence-electron chi connectivity index (χ0n) is 6.34. The number of hydrogen-bond donors (Lipinski definition) is 0. The fraction of sp³-hybridized carbons (Fsp3) is 0.667. The highest BCUT2D eigenvalue weighted by Crippen LogP contribution is 2.39. The highest BCUT2D eigenvalue weighted by Gasteiger charge is 2.32. The van der Waals surface area contributed by atoms with Crippen LogP contribution in [-0.2, 0) is 0 Å². The number of likely N-dealkylation sites (tertiary alicyclic amines) is 1. The predicted molar refractivity (Wildman–Crippen MR) is 42.3 cm³/mol. The second-order valence-corrected chi connectivity index (χ2v) is 3.58. The van der Waals surface area contributed by atoms with Gasteiger partial charge in [-0.05, 0) is 37.8 Å². The van der Waals surface area contributed by atoms with E-state index in [1.807, 2.05) is 0 Å². The van der Waals surface area contributed by atoms with Crippen LogP contribution in [0.2, 0.25) is 0 Å². The number of fused-ring (bicyclic) bond motifs is 2. The number of piperidine rings is 1. The van der Waals surface area contributed by atoms with Crippen molar-refractivity contribution < 1.29 is 0 Å². The first-order valence-corrected chi connectivity index (χ1v) is 4.01. The van der Waals surface area contributed by atoms with Crippen molar-refractivity contribution in [1.29, 1.82) is 0 Å². The fourth-order valence-electron chi connectivity index (χ4n) is 2.22. The fourth-order valence-corrected chi connectivity index (χ4v) is 2.22. The molecule has 0 spiro atoms. The molecule has 1 heterocycles. The van der Waals surface area contributed by atoms with E-state index in [9.17, 15) is 0 Å².